The molecule has 8 heteroatoms. The molecule has 2 aromatic heterocycles. The van der Waals surface area contributed by atoms with Gasteiger partial charge in [0.15, 0.2) is 0 Å². The van der Waals surface area contributed by atoms with Crippen LogP contribution in [0.4, 0.5) is 5.13 Å². The van der Waals surface area contributed by atoms with Crippen molar-refractivity contribution >= 4 is 27.3 Å². The topological polar surface area (TPSA) is 57.0 Å². The summed E-state index contributed by atoms with van der Waals surface area (Å²) < 4.78 is 1.86. The van der Waals surface area contributed by atoms with E-state index in [9.17, 15) is 4.79 Å². The quantitative estimate of drug-likeness (QED) is 0.831. The Morgan fingerprint density at radius 3 is 2.76 bits per heavy atom. The van der Waals surface area contributed by atoms with Crippen molar-refractivity contribution in [1.29, 1.82) is 0 Å². The highest BCUT2D eigenvalue weighted by Gasteiger charge is 2.27. The third kappa shape index (κ3) is 3.50. The molecular weight excluding hydrogens is 336 g/mol. The summed E-state index contributed by atoms with van der Waals surface area (Å²) in [6, 6.07) is 0.400. The van der Waals surface area contributed by atoms with E-state index in [1.54, 1.807) is 11.3 Å². The number of carbonyl (C=O) groups is 1. The maximum atomic E-state index is 12.6. The Bertz CT molecular complexity index is 716. The number of hydrogen-bond donors (Lipinski definition) is 0. The number of hydrogen-bond acceptors (Lipinski definition) is 6. The van der Waals surface area contributed by atoms with Crippen LogP contribution in [0.3, 0.4) is 0 Å². The van der Waals surface area contributed by atoms with Crippen molar-refractivity contribution in [2.75, 3.05) is 44.2 Å². The highest BCUT2D eigenvalue weighted by atomic mass is 32.1. The molecule has 2 fully saturated rings. The van der Waals surface area contributed by atoms with E-state index < -0.39 is 0 Å². The molecule has 0 bridgehead atoms. The summed E-state index contributed by atoms with van der Waals surface area (Å²) in [6.07, 6.45) is 5.50. The third-order valence-corrected chi connectivity index (χ3v) is 6.26. The van der Waals surface area contributed by atoms with Crippen LogP contribution in [0.2, 0.25) is 0 Å². The molecule has 4 rings (SSSR count). The van der Waals surface area contributed by atoms with Gasteiger partial charge >= 0.3 is 0 Å². The number of nitrogens with zero attached hydrogens (tertiary/aromatic N) is 6. The lowest BCUT2D eigenvalue weighted by Crippen LogP contribution is -2.52. The van der Waals surface area contributed by atoms with Gasteiger partial charge in [-0.2, -0.15) is 0 Å². The van der Waals surface area contributed by atoms with Gasteiger partial charge in [-0.05, 0) is 33.1 Å². The second kappa shape index (κ2) is 6.92. The number of aryl methyl sites for hydroxylation is 1. The summed E-state index contributed by atoms with van der Waals surface area (Å²) in [4.78, 5) is 24.7. The number of likely N-dealkylation sites (tertiary alicyclic amines) is 1. The van der Waals surface area contributed by atoms with Crippen molar-refractivity contribution < 1.29 is 4.79 Å². The molecule has 2 aliphatic rings. The van der Waals surface area contributed by atoms with Crippen LogP contribution in [0.5, 0.6) is 0 Å². The van der Waals surface area contributed by atoms with E-state index in [0.29, 0.717) is 18.5 Å². The van der Waals surface area contributed by atoms with Crippen LogP contribution < -0.4 is 4.90 Å². The van der Waals surface area contributed by atoms with Gasteiger partial charge in [0.1, 0.15) is 0 Å². The summed E-state index contributed by atoms with van der Waals surface area (Å²) in [6.45, 7) is 9.30. The summed E-state index contributed by atoms with van der Waals surface area (Å²) in [5.41, 5.74) is 1.00. The SMILES string of the molecule is Cc1cn2nc(N3CCN(CC(=O)N4CCCCC4C)CC3)sc2n1. The minimum Gasteiger partial charge on any atom is -0.344 e. The molecule has 1 atom stereocenters. The lowest BCUT2D eigenvalue weighted by atomic mass is 10.0. The Morgan fingerprint density at radius 1 is 1.24 bits per heavy atom. The van der Waals surface area contributed by atoms with Crippen LogP contribution in [0.15, 0.2) is 6.20 Å². The van der Waals surface area contributed by atoms with E-state index in [0.717, 1.165) is 61.4 Å². The molecule has 2 aromatic rings. The molecular formula is C17H26N6OS. The molecule has 0 saturated carbocycles. The number of amides is 1. The zero-order valence-electron chi connectivity index (χ0n) is 15.0. The molecule has 136 valence electrons. The zero-order valence-corrected chi connectivity index (χ0v) is 15.8. The Balaban J connectivity index is 1.31. The lowest BCUT2D eigenvalue weighted by Gasteiger charge is -2.37. The molecule has 0 aromatic carbocycles. The molecule has 0 N–H and O–H groups in total. The minimum absolute atomic E-state index is 0.295. The van der Waals surface area contributed by atoms with Crippen LogP contribution in [0, 0.1) is 6.92 Å². The number of anilines is 1. The molecule has 2 saturated heterocycles. The van der Waals surface area contributed by atoms with Crippen molar-refractivity contribution in [3.05, 3.63) is 11.9 Å². The van der Waals surface area contributed by atoms with E-state index in [1.807, 2.05) is 17.6 Å². The monoisotopic (exact) mass is 362 g/mol. The lowest BCUT2D eigenvalue weighted by molar-refractivity contribution is -0.135. The van der Waals surface area contributed by atoms with E-state index >= 15 is 0 Å². The van der Waals surface area contributed by atoms with Gasteiger partial charge in [-0.15, -0.1) is 5.10 Å². The number of rotatable bonds is 3. The first-order chi connectivity index (χ1) is 12.1. The van der Waals surface area contributed by atoms with Gasteiger partial charge in [0.05, 0.1) is 18.4 Å². The smallest absolute Gasteiger partial charge is 0.236 e. The van der Waals surface area contributed by atoms with Crippen LogP contribution >= 0.6 is 11.3 Å². The molecule has 25 heavy (non-hydrogen) atoms. The zero-order chi connectivity index (χ0) is 17.4. The van der Waals surface area contributed by atoms with Crippen LogP contribution in [0.1, 0.15) is 31.9 Å². The standard InChI is InChI=1S/C17H26N6OS/c1-13-11-23-16(18-13)25-17(19-23)21-9-7-20(8-10-21)12-15(24)22-6-4-3-5-14(22)2/h11,14H,3-10,12H2,1-2H3. The Kier molecular flexibility index (Phi) is 4.64. The van der Waals surface area contributed by atoms with E-state index in [-0.39, 0.29) is 0 Å². The largest absolute Gasteiger partial charge is 0.344 e. The molecule has 1 amide bonds. The van der Waals surface area contributed by atoms with Crippen molar-refractivity contribution in [1.82, 2.24) is 24.4 Å². The van der Waals surface area contributed by atoms with Gasteiger partial charge in [-0.25, -0.2) is 9.50 Å². The average molecular weight is 363 g/mol. The van der Waals surface area contributed by atoms with Crippen LogP contribution in [-0.2, 0) is 4.79 Å². The van der Waals surface area contributed by atoms with E-state index in [4.69, 9.17) is 0 Å². The fourth-order valence-electron chi connectivity index (χ4n) is 3.77. The van der Waals surface area contributed by atoms with Crippen LogP contribution in [-0.4, -0.2) is 75.6 Å². The molecule has 1 unspecified atom stereocenters. The average Bonchev–Trinajstić information content (AvgIpc) is 3.13. The van der Waals surface area contributed by atoms with E-state index in [2.05, 4.69) is 31.7 Å². The Hall–Kier alpha value is -1.67. The molecule has 7 nitrogen and oxygen atoms in total. The number of aromatic nitrogens is 3. The molecule has 0 aliphatic carbocycles. The number of piperazine rings is 1. The number of fused-ring (bicyclic) bond motifs is 1. The maximum absolute atomic E-state index is 12.6. The minimum atomic E-state index is 0.295. The second-order valence-corrected chi connectivity index (χ2v) is 8.12. The van der Waals surface area contributed by atoms with Gasteiger partial charge in [-0.1, -0.05) is 11.3 Å². The third-order valence-electron chi connectivity index (χ3n) is 5.28. The first-order valence-corrected chi connectivity index (χ1v) is 10.0. The Morgan fingerprint density at radius 2 is 2.04 bits per heavy atom. The predicted molar refractivity (Wildman–Crippen MR) is 99.3 cm³/mol. The first-order valence-electron chi connectivity index (χ1n) is 9.20. The maximum Gasteiger partial charge on any atom is 0.236 e. The molecule has 2 aliphatic heterocycles. The van der Waals surface area contributed by atoms with Crippen LogP contribution in [0.25, 0.3) is 4.96 Å². The normalized spacial score (nSPS) is 22.7. The van der Waals surface area contributed by atoms with Gasteiger partial charge in [-0.3, -0.25) is 9.69 Å². The molecule has 0 radical (unpaired) electrons. The van der Waals surface area contributed by atoms with Crippen molar-refractivity contribution in [3.8, 4) is 0 Å². The summed E-state index contributed by atoms with van der Waals surface area (Å²) in [5.74, 6) is 0.295. The summed E-state index contributed by atoms with van der Waals surface area (Å²) >= 11 is 1.64. The van der Waals surface area contributed by atoms with Gasteiger partial charge in [0, 0.05) is 38.8 Å². The van der Waals surface area contributed by atoms with E-state index in [1.165, 1.54) is 6.42 Å². The van der Waals surface area contributed by atoms with Gasteiger partial charge < -0.3 is 9.80 Å². The fourth-order valence-corrected chi connectivity index (χ4v) is 4.75. The number of carbonyl (C=O) groups excluding carboxylic acids is 1. The fraction of sp³-hybridized carbons (Fsp3) is 0.706. The summed E-state index contributed by atoms with van der Waals surface area (Å²) in [7, 11) is 0. The molecule has 4 heterocycles. The molecule has 0 spiro atoms. The van der Waals surface area contributed by atoms with Crippen molar-refractivity contribution in [2.45, 2.75) is 39.2 Å². The highest BCUT2D eigenvalue weighted by molar-refractivity contribution is 7.20. The van der Waals surface area contributed by atoms with Gasteiger partial charge in [0.2, 0.25) is 16.0 Å². The first kappa shape index (κ1) is 16.8. The summed E-state index contributed by atoms with van der Waals surface area (Å²) in [5, 5.41) is 5.66. The van der Waals surface area contributed by atoms with Crippen molar-refractivity contribution in [2.24, 2.45) is 0 Å². The van der Waals surface area contributed by atoms with Gasteiger partial charge in [0.25, 0.3) is 0 Å². The Labute approximate surface area is 152 Å². The number of imidazole rings is 1. The highest BCUT2D eigenvalue weighted by Crippen LogP contribution is 2.24. The van der Waals surface area contributed by atoms with Crippen molar-refractivity contribution in [3.63, 3.8) is 0 Å². The second-order valence-electron chi connectivity index (χ2n) is 7.19. The predicted octanol–water partition coefficient (Wildman–Crippen LogP) is 1.62. The number of piperidine rings is 1.